The van der Waals surface area contributed by atoms with Crippen LogP contribution in [0.3, 0.4) is 0 Å². The Balaban J connectivity index is 1.25. The van der Waals surface area contributed by atoms with Crippen molar-refractivity contribution in [3.8, 4) is 0 Å². The highest BCUT2D eigenvalue weighted by atomic mass is 19.1. The predicted molar refractivity (Wildman–Crippen MR) is 142 cm³/mol. The number of benzene rings is 1. The number of rotatable bonds is 5. The average Bonchev–Trinajstić information content (AvgIpc) is 3.37. The molecular formula is C29H43FN4O3. The zero-order valence-corrected chi connectivity index (χ0v) is 22.2. The standard InChI is InChI=1S/C29H43FN4O3/c1-19-9-11-23(30)22-17-25(32-26(19)22)28(35)33-27(29(36)34-13-15-37-16-14-34)24-12-10-21(18-31-24)20-7-5-3-2-4-6-8-20/h9,11,20-21,24-25,27,31-32H,2-8,10,12-18H2,1H3,(H,33,35). The highest BCUT2D eigenvalue weighted by molar-refractivity contribution is 5.93. The third-order valence-corrected chi connectivity index (χ3v) is 9.10. The van der Waals surface area contributed by atoms with Gasteiger partial charge in [-0.25, -0.2) is 4.39 Å². The maximum Gasteiger partial charge on any atom is 0.246 e. The van der Waals surface area contributed by atoms with Crippen molar-refractivity contribution < 1.29 is 18.7 Å². The van der Waals surface area contributed by atoms with Crippen LogP contribution in [0, 0.1) is 24.6 Å². The molecule has 37 heavy (non-hydrogen) atoms. The van der Waals surface area contributed by atoms with E-state index in [4.69, 9.17) is 4.74 Å². The fraction of sp³-hybridized carbons (Fsp3) is 0.724. The van der Waals surface area contributed by atoms with Gasteiger partial charge < -0.3 is 25.6 Å². The van der Waals surface area contributed by atoms with Crippen molar-refractivity contribution in [1.29, 1.82) is 0 Å². The summed E-state index contributed by atoms with van der Waals surface area (Å²) in [6.07, 6.45) is 11.6. The third-order valence-electron chi connectivity index (χ3n) is 9.10. The summed E-state index contributed by atoms with van der Waals surface area (Å²) in [6, 6.07) is 1.85. The molecular weight excluding hydrogens is 471 g/mol. The average molecular weight is 515 g/mol. The number of carbonyl (C=O) groups excluding carboxylic acids is 2. The first-order chi connectivity index (χ1) is 18.0. The van der Waals surface area contributed by atoms with Crippen molar-refractivity contribution in [3.63, 3.8) is 0 Å². The highest BCUT2D eigenvalue weighted by Gasteiger charge is 2.39. The first kappa shape index (κ1) is 26.4. The normalized spacial score (nSPS) is 27.9. The summed E-state index contributed by atoms with van der Waals surface area (Å²) < 4.78 is 19.9. The molecule has 2 amide bonds. The van der Waals surface area contributed by atoms with E-state index < -0.39 is 12.1 Å². The molecule has 0 bridgehead atoms. The number of amides is 2. The Labute approximate surface area is 220 Å². The van der Waals surface area contributed by atoms with Gasteiger partial charge in [0, 0.05) is 36.8 Å². The molecule has 3 N–H and O–H groups in total. The van der Waals surface area contributed by atoms with E-state index in [-0.39, 0.29) is 30.1 Å². The minimum Gasteiger partial charge on any atom is -0.378 e. The molecule has 3 fully saturated rings. The van der Waals surface area contributed by atoms with Gasteiger partial charge in [0.2, 0.25) is 11.8 Å². The Morgan fingerprint density at radius 3 is 2.43 bits per heavy atom. The van der Waals surface area contributed by atoms with E-state index in [1.54, 1.807) is 6.07 Å². The smallest absolute Gasteiger partial charge is 0.246 e. The van der Waals surface area contributed by atoms with Gasteiger partial charge in [0.05, 0.1) is 13.2 Å². The Kier molecular flexibility index (Phi) is 8.65. The molecule has 1 aromatic carbocycles. The Bertz CT molecular complexity index is 920. The maximum atomic E-state index is 14.4. The summed E-state index contributed by atoms with van der Waals surface area (Å²) in [5.74, 6) is 0.817. The second-order valence-corrected chi connectivity index (χ2v) is 11.5. The fourth-order valence-corrected chi connectivity index (χ4v) is 6.84. The molecule has 204 valence electrons. The van der Waals surface area contributed by atoms with E-state index in [0.29, 0.717) is 43.5 Å². The van der Waals surface area contributed by atoms with Gasteiger partial charge in [0.25, 0.3) is 0 Å². The van der Waals surface area contributed by atoms with Crippen LogP contribution >= 0.6 is 0 Å². The van der Waals surface area contributed by atoms with E-state index in [9.17, 15) is 14.0 Å². The number of nitrogens with one attached hydrogen (secondary N) is 3. The van der Waals surface area contributed by atoms with Gasteiger partial charge in [0.1, 0.15) is 17.9 Å². The molecule has 1 aromatic rings. The number of piperidine rings is 1. The lowest BCUT2D eigenvalue weighted by molar-refractivity contribution is -0.141. The summed E-state index contributed by atoms with van der Waals surface area (Å²) in [5.41, 5.74) is 2.17. The molecule has 4 atom stereocenters. The Morgan fingerprint density at radius 1 is 1.03 bits per heavy atom. The molecule has 5 rings (SSSR count). The highest BCUT2D eigenvalue weighted by Crippen LogP contribution is 2.34. The molecule has 1 saturated carbocycles. The van der Waals surface area contributed by atoms with Crippen LogP contribution in [0.15, 0.2) is 12.1 Å². The van der Waals surface area contributed by atoms with Gasteiger partial charge in [-0.05, 0) is 49.8 Å². The summed E-state index contributed by atoms with van der Waals surface area (Å²) in [4.78, 5) is 28.9. The van der Waals surface area contributed by atoms with Crippen LogP contribution in [-0.2, 0) is 20.7 Å². The van der Waals surface area contributed by atoms with Gasteiger partial charge in [-0.15, -0.1) is 0 Å². The van der Waals surface area contributed by atoms with Crippen molar-refractivity contribution >= 4 is 17.5 Å². The van der Waals surface area contributed by atoms with Crippen LogP contribution in [0.1, 0.15) is 68.9 Å². The number of halogens is 1. The zero-order chi connectivity index (χ0) is 25.8. The number of hydrogen-bond donors (Lipinski definition) is 3. The SMILES string of the molecule is Cc1ccc(F)c2c1NC(C(=O)NC(C(=O)N1CCOCC1)C1CCC(C3CCCCCCC3)CN1)C2. The summed E-state index contributed by atoms with van der Waals surface area (Å²) in [7, 11) is 0. The van der Waals surface area contributed by atoms with Gasteiger partial charge in [-0.2, -0.15) is 0 Å². The second-order valence-electron chi connectivity index (χ2n) is 11.5. The Morgan fingerprint density at radius 2 is 1.76 bits per heavy atom. The largest absolute Gasteiger partial charge is 0.378 e. The van der Waals surface area contributed by atoms with Gasteiger partial charge in [-0.3, -0.25) is 9.59 Å². The van der Waals surface area contributed by atoms with Crippen LogP contribution in [-0.4, -0.2) is 67.7 Å². The monoisotopic (exact) mass is 514 g/mol. The van der Waals surface area contributed by atoms with Crippen molar-refractivity contribution in [2.24, 2.45) is 11.8 Å². The molecule has 4 aliphatic rings. The van der Waals surface area contributed by atoms with Crippen molar-refractivity contribution in [1.82, 2.24) is 15.5 Å². The minimum atomic E-state index is -0.639. The van der Waals surface area contributed by atoms with Crippen LogP contribution < -0.4 is 16.0 Å². The molecule has 1 aliphatic carbocycles. The molecule has 0 aromatic heterocycles. The van der Waals surface area contributed by atoms with E-state index in [2.05, 4.69) is 16.0 Å². The van der Waals surface area contributed by atoms with Gasteiger partial charge >= 0.3 is 0 Å². The molecule has 7 nitrogen and oxygen atoms in total. The van der Waals surface area contributed by atoms with Crippen molar-refractivity contribution in [2.75, 3.05) is 38.2 Å². The maximum absolute atomic E-state index is 14.4. The fourth-order valence-electron chi connectivity index (χ4n) is 6.84. The first-order valence-electron chi connectivity index (χ1n) is 14.5. The summed E-state index contributed by atoms with van der Waals surface area (Å²) >= 11 is 0. The van der Waals surface area contributed by atoms with Crippen molar-refractivity contribution in [2.45, 2.75) is 89.3 Å². The van der Waals surface area contributed by atoms with Gasteiger partial charge in [0.15, 0.2) is 0 Å². The van der Waals surface area contributed by atoms with E-state index in [1.807, 2.05) is 11.8 Å². The lowest BCUT2D eigenvalue weighted by atomic mass is 9.76. The molecule has 4 unspecified atom stereocenters. The van der Waals surface area contributed by atoms with E-state index in [0.717, 1.165) is 30.9 Å². The minimum absolute atomic E-state index is 0.0450. The Hall–Kier alpha value is -2.19. The number of hydrogen-bond acceptors (Lipinski definition) is 5. The lowest BCUT2D eigenvalue weighted by Gasteiger charge is -2.40. The number of nitrogens with zero attached hydrogens (tertiary/aromatic N) is 1. The lowest BCUT2D eigenvalue weighted by Crippen LogP contribution is -2.63. The molecule has 0 spiro atoms. The second kappa shape index (κ2) is 12.1. The van der Waals surface area contributed by atoms with Crippen LogP contribution in [0.5, 0.6) is 0 Å². The predicted octanol–water partition coefficient (Wildman–Crippen LogP) is 3.54. The molecule has 2 saturated heterocycles. The molecule has 3 heterocycles. The van der Waals surface area contributed by atoms with E-state index >= 15 is 0 Å². The number of anilines is 1. The number of morpholine rings is 1. The number of carbonyl (C=O) groups is 2. The van der Waals surface area contributed by atoms with Crippen LogP contribution in [0.4, 0.5) is 10.1 Å². The van der Waals surface area contributed by atoms with Crippen LogP contribution in [0.25, 0.3) is 0 Å². The number of ether oxygens (including phenoxy) is 1. The molecule has 8 heteroatoms. The summed E-state index contributed by atoms with van der Waals surface area (Å²) in [6.45, 7) is 4.93. The van der Waals surface area contributed by atoms with Gasteiger partial charge in [-0.1, -0.05) is 51.0 Å². The van der Waals surface area contributed by atoms with E-state index in [1.165, 1.54) is 51.0 Å². The number of fused-ring (bicyclic) bond motifs is 1. The third kappa shape index (κ3) is 6.11. The van der Waals surface area contributed by atoms with Crippen molar-refractivity contribution in [3.05, 3.63) is 29.1 Å². The number of aryl methyl sites for hydroxylation is 1. The van der Waals surface area contributed by atoms with Crippen LogP contribution in [0.2, 0.25) is 0 Å². The molecule has 0 radical (unpaired) electrons. The zero-order valence-electron chi connectivity index (χ0n) is 22.2. The topological polar surface area (TPSA) is 82.7 Å². The molecule has 3 aliphatic heterocycles. The quantitative estimate of drug-likeness (QED) is 0.560. The first-order valence-corrected chi connectivity index (χ1v) is 14.5. The summed E-state index contributed by atoms with van der Waals surface area (Å²) in [5, 5.41) is 9.99.